The lowest BCUT2D eigenvalue weighted by molar-refractivity contribution is 0.709. The highest BCUT2D eigenvalue weighted by molar-refractivity contribution is 5.60. The second kappa shape index (κ2) is 10.3. The summed E-state index contributed by atoms with van der Waals surface area (Å²) in [6.07, 6.45) is 6.61. The van der Waals surface area contributed by atoms with Crippen LogP contribution in [0.2, 0.25) is 0 Å². The summed E-state index contributed by atoms with van der Waals surface area (Å²) in [4.78, 5) is 4.49. The maximum Gasteiger partial charge on any atom is 0.0958 e. The van der Waals surface area contributed by atoms with Gasteiger partial charge in [0.2, 0.25) is 0 Å². The smallest absolute Gasteiger partial charge is 0.0958 e. The summed E-state index contributed by atoms with van der Waals surface area (Å²) >= 11 is 0. The van der Waals surface area contributed by atoms with Gasteiger partial charge in [-0.15, -0.1) is 0 Å². The second-order valence-electron chi connectivity index (χ2n) is 8.47. The van der Waals surface area contributed by atoms with Gasteiger partial charge in [-0.3, -0.25) is 10.4 Å². The zero-order valence-corrected chi connectivity index (χ0v) is 20.1. The van der Waals surface area contributed by atoms with E-state index >= 15 is 0 Å². The molecule has 4 rings (SSSR count). The van der Waals surface area contributed by atoms with Crippen LogP contribution in [0.25, 0.3) is 6.08 Å². The highest BCUT2D eigenvalue weighted by Crippen LogP contribution is 2.33. The van der Waals surface area contributed by atoms with E-state index in [9.17, 15) is 0 Å². The van der Waals surface area contributed by atoms with E-state index in [-0.39, 0.29) is 6.04 Å². The zero-order chi connectivity index (χ0) is 23.2. The zero-order valence-electron chi connectivity index (χ0n) is 20.1. The molecule has 0 radical (unpaired) electrons. The van der Waals surface area contributed by atoms with Crippen LogP contribution >= 0.6 is 0 Å². The van der Waals surface area contributed by atoms with Crippen LogP contribution < -0.4 is 20.2 Å². The van der Waals surface area contributed by atoms with Crippen LogP contribution in [0.4, 0.5) is 17.1 Å². The van der Waals surface area contributed by atoms with E-state index < -0.39 is 0 Å². The fourth-order valence-electron chi connectivity index (χ4n) is 4.18. The normalized spacial score (nSPS) is 15.5. The van der Waals surface area contributed by atoms with Gasteiger partial charge in [0.1, 0.15) is 0 Å². The molecule has 4 heteroatoms. The monoisotopic (exact) mass is 438 g/mol. The van der Waals surface area contributed by atoms with Gasteiger partial charge in [0.15, 0.2) is 0 Å². The fraction of sp³-hybridized carbons (Fsp3) is 0.241. The first kappa shape index (κ1) is 22.5. The highest BCUT2D eigenvalue weighted by atomic mass is 15.5. The van der Waals surface area contributed by atoms with E-state index in [4.69, 9.17) is 0 Å². The van der Waals surface area contributed by atoms with E-state index in [1.165, 1.54) is 22.5 Å². The van der Waals surface area contributed by atoms with Gasteiger partial charge < -0.3 is 9.80 Å². The molecule has 0 spiro atoms. The third kappa shape index (κ3) is 5.23. The first-order chi connectivity index (χ1) is 16.1. The molecule has 1 unspecified atom stereocenters. The summed E-state index contributed by atoms with van der Waals surface area (Å²) in [6.45, 7) is 6.43. The highest BCUT2D eigenvalue weighted by Gasteiger charge is 2.25. The molecule has 0 amide bonds. The largest absolute Gasteiger partial charge is 0.378 e. The van der Waals surface area contributed by atoms with E-state index in [1.807, 2.05) is 0 Å². The van der Waals surface area contributed by atoms with Crippen molar-refractivity contribution in [1.29, 1.82) is 0 Å². The molecule has 0 fully saturated rings. The van der Waals surface area contributed by atoms with Crippen molar-refractivity contribution in [3.63, 3.8) is 0 Å². The molecule has 1 aliphatic heterocycles. The van der Waals surface area contributed by atoms with Crippen molar-refractivity contribution in [2.45, 2.75) is 19.9 Å². The van der Waals surface area contributed by atoms with Crippen LogP contribution in [0.5, 0.6) is 0 Å². The molecule has 1 heterocycles. The van der Waals surface area contributed by atoms with Gasteiger partial charge in [-0.2, -0.15) is 0 Å². The molecule has 33 heavy (non-hydrogen) atoms. The number of hydrogen-bond acceptors (Lipinski definition) is 4. The Morgan fingerprint density at radius 2 is 1.42 bits per heavy atom. The van der Waals surface area contributed by atoms with Gasteiger partial charge in [-0.1, -0.05) is 48.5 Å². The molecule has 0 aromatic heterocycles. The Morgan fingerprint density at radius 3 is 2.03 bits per heavy atom. The first-order valence-corrected chi connectivity index (χ1v) is 11.7. The number of para-hydroxylation sites is 1. The number of benzene rings is 3. The van der Waals surface area contributed by atoms with E-state index in [0.717, 1.165) is 24.5 Å². The predicted molar refractivity (Wildman–Crippen MR) is 143 cm³/mol. The van der Waals surface area contributed by atoms with Gasteiger partial charge in [0, 0.05) is 38.6 Å². The number of nitrogens with one attached hydrogen (secondary N) is 1. The van der Waals surface area contributed by atoms with Crippen LogP contribution in [-0.2, 0) is 0 Å². The lowest BCUT2D eigenvalue weighted by atomic mass is 10.0. The number of hydrogen-bond donors (Lipinski definition) is 1. The van der Waals surface area contributed by atoms with E-state index in [0.29, 0.717) is 0 Å². The Hall–Kier alpha value is -3.66. The maximum absolute atomic E-state index is 3.60. The summed E-state index contributed by atoms with van der Waals surface area (Å²) in [5.74, 6) is 0. The molecule has 1 aliphatic rings. The van der Waals surface area contributed by atoms with Crippen LogP contribution in [-0.4, -0.2) is 27.2 Å². The lowest BCUT2D eigenvalue weighted by Crippen LogP contribution is -2.34. The molecule has 0 saturated heterocycles. The fourth-order valence-corrected chi connectivity index (χ4v) is 4.18. The Kier molecular flexibility index (Phi) is 7.04. The molecule has 3 aromatic carbocycles. The predicted octanol–water partition coefficient (Wildman–Crippen LogP) is 6.26. The third-order valence-electron chi connectivity index (χ3n) is 6.13. The SMILES string of the molecule is CCN(CC)c1ccc(C2C=C(C=Cc3ccc(N(C)C)cc3)NN2c2ccccc2)cc1. The van der Waals surface area contributed by atoms with Crippen LogP contribution in [0.3, 0.4) is 0 Å². The Morgan fingerprint density at radius 1 is 0.788 bits per heavy atom. The van der Waals surface area contributed by atoms with Crippen molar-refractivity contribution in [2.24, 2.45) is 0 Å². The number of hydrazine groups is 1. The number of allylic oxidation sites excluding steroid dienone is 1. The molecule has 170 valence electrons. The van der Waals surface area contributed by atoms with Crippen molar-refractivity contribution in [2.75, 3.05) is 42.0 Å². The second-order valence-corrected chi connectivity index (χ2v) is 8.47. The number of nitrogens with zero attached hydrogens (tertiary/aromatic N) is 3. The Bertz CT molecular complexity index is 1080. The van der Waals surface area contributed by atoms with Gasteiger partial charge in [-0.25, -0.2) is 0 Å². The molecule has 0 bridgehead atoms. The number of anilines is 3. The van der Waals surface area contributed by atoms with Crippen molar-refractivity contribution in [3.8, 4) is 0 Å². The van der Waals surface area contributed by atoms with E-state index in [2.05, 4.69) is 145 Å². The van der Waals surface area contributed by atoms with E-state index in [1.54, 1.807) is 0 Å². The molecular weight excluding hydrogens is 404 g/mol. The molecule has 1 atom stereocenters. The summed E-state index contributed by atoms with van der Waals surface area (Å²) in [7, 11) is 4.12. The summed E-state index contributed by atoms with van der Waals surface area (Å²) in [5.41, 5.74) is 10.8. The minimum Gasteiger partial charge on any atom is -0.378 e. The van der Waals surface area contributed by atoms with Crippen molar-refractivity contribution in [3.05, 3.63) is 108 Å². The molecule has 1 N–H and O–H groups in total. The van der Waals surface area contributed by atoms with Crippen molar-refractivity contribution >= 4 is 23.1 Å². The minimum absolute atomic E-state index is 0.119. The molecule has 0 aliphatic carbocycles. The van der Waals surface area contributed by atoms with Gasteiger partial charge in [0.05, 0.1) is 17.4 Å². The van der Waals surface area contributed by atoms with Gasteiger partial charge in [0.25, 0.3) is 0 Å². The van der Waals surface area contributed by atoms with Crippen LogP contribution in [0, 0.1) is 0 Å². The topological polar surface area (TPSA) is 21.8 Å². The molecular formula is C29H34N4. The summed E-state index contributed by atoms with van der Waals surface area (Å²) < 4.78 is 0. The summed E-state index contributed by atoms with van der Waals surface area (Å²) in [5, 5.41) is 2.24. The van der Waals surface area contributed by atoms with Crippen molar-refractivity contribution < 1.29 is 0 Å². The Balaban J connectivity index is 1.59. The standard InChI is InChI=1S/C29H34N4/c1-5-32(6-2)27-20-15-24(16-21-27)29-22-25(30-33(29)28-10-8-7-9-11-28)17-12-23-13-18-26(19-14-23)31(3)4/h7-22,29-30H,5-6H2,1-4H3. The quantitative estimate of drug-likeness (QED) is 0.448. The van der Waals surface area contributed by atoms with Crippen LogP contribution in [0.1, 0.15) is 31.0 Å². The molecule has 3 aromatic rings. The summed E-state index contributed by atoms with van der Waals surface area (Å²) in [6, 6.07) is 28.2. The van der Waals surface area contributed by atoms with Gasteiger partial charge >= 0.3 is 0 Å². The third-order valence-corrected chi connectivity index (χ3v) is 6.13. The average molecular weight is 439 g/mol. The van der Waals surface area contributed by atoms with Gasteiger partial charge in [-0.05, 0) is 73.5 Å². The Labute approximate surface area is 198 Å². The average Bonchev–Trinajstić information content (AvgIpc) is 3.29. The van der Waals surface area contributed by atoms with Crippen molar-refractivity contribution in [1.82, 2.24) is 5.43 Å². The maximum atomic E-state index is 3.60. The molecule has 4 nitrogen and oxygen atoms in total. The molecule has 0 saturated carbocycles. The first-order valence-electron chi connectivity index (χ1n) is 11.7. The van der Waals surface area contributed by atoms with Crippen LogP contribution in [0.15, 0.2) is 96.7 Å². The minimum atomic E-state index is 0.119. The lowest BCUT2D eigenvalue weighted by Gasteiger charge is -2.28. The number of rotatable bonds is 8.